The van der Waals surface area contributed by atoms with Crippen LogP contribution in [0.3, 0.4) is 0 Å². The highest BCUT2D eigenvalue weighted by Crippen LogP contribution is 2.61. The first-order chi connectivity index (χ1) is 7.15. The summed E-state index contributed by atoms with van der Waals surface area (Å²) in [6, 6.07) is 0. The van der Waals surface area contributed by atoms with Crippen molar-refractivity contribution in [1.29, 1.82) is 0 Å². The van der Waals surface area contributed by atoms with Crippen LogP contribution in [0.4, 0.5) is 0 Å². The van der Waals surface area contributed by atoms with Gasteiger partial charge >= 0.3 is 0 Å². The maximum Gasteiger partial charge on any atom is 0.244 e. The summed E-state index contributed by atoms with van der Waals surface area (Å²) in [6.45, 7) is 1.86. The van der Waals surface area contributed by atoms with Crippen molar-refractivity contribution in [3.8, 4) is 0 Å². The molecule has 2 N–H and O–H groups in total. The van der Waals surface area contributed by atoms with Crippen molar-refractivity contribution in [2.24, 2.45) is 35.3 Å². The zero-order valence-corrected chi connectivity index (χ0v) is 9.28. The quantitative estimate of drug-likeness (QED) is 0.689. The van der Waals surface area contributed by atoms with E-state index in [0.717, 1.165) is 29.2 Å². The molecule has 0 radical (unpaired) electrons. The second-order valence-corrected chi connectivity index (χ2v) is 5.78. The monoisotopic (exact) mass is 205 g/mol. The average molecular weight is 205 g/mol. The summed E-state index contributed by atoms with van der Waals surface area (Å²) in [7, 11) is 0. The number of primary amides is 1. The van der Waals surface area contributed by atoms with E-state index in [-0.39, 0.29) is 5.91 Å². The van der Waals surface area contributed by atoms with Crippen molar-refractivity contribution in [1.82, 2.24) is 0 Å². The van der Waals surface area contributed by atoms with Crippen LogP contribution in [-0.2, 0) is 4.79 Å². The summed E-state index contributed by atoms with van der Waals surface area (Å²) in [5, 5.41) is 0. The number of hydrogen-bond donors (Lipinski definition) is 1. The number of nitrogens with two attached hydrogens (primary N) is 1. The summed E-state index contributed by atoms with van der Waals surface area (Å²) in [5.41, 5.74) is 6.08. The Labute approximate surface area is 90.9 Å². The molecule has 4 fully saturated rings. The van der Waals surface area contributed by atoms with Gasteiger partial charge in [0, 0.05) is 5.57 Å². The standard InChI is InChI=1S/C13H19NO/c1-7(13(14)15)2-11-9-3-8-4-10(6-9)12(11)5-8/h2,8-12H,3-6H2,1H3,(H2,14,15)/b7-2+. The zero-order chi connectivity index (χ0) is 10.6. The Morgan fingerprint density at radius 3 is 2.60 bits per heavy atom. The fourth-order valence-electron chi connectivity index (χ4n) is 4.42. The van der Waals surface area contributed by atoms with E-state index in [0.29, 0.717) is 5.92 Å². The maximum absolute atomic E-state index is 11.1. The molecule has 0 saturated heterocycles. The van der Waals surface area contributed by atoms with Gasteiger partial charge in [-0.15, -0.1) is 0 Å². The molecule has 0 aromatic carbocycles. The molecule has 2 heteroatoms. The van der Waals surface area contributed by atoms with Crippen LogP contribution in [0.1, 0.15) is 32.6 Å². The molecule has 4 bridgehead atoms. The normalized spacial score (nSPS) is 47.5. The predicted molar refractivity (Wildman–Crippen MR) is 58.9 cm³/mol. The van der Waals surface area contributed by atoms with Gasteiger partial charge in [0.05, 0.1) is 0 Å². The summed E-state index contributed by atoms with van der Waals surface area (Å²) in [6.07, 6.45) is 7.86. The minimum absolute atomic E-state index is 0.243. The molecule has 4 aliphatic rings. The van der Waals surface area contributed by atoms with Gasteiger partial charge in [0.15, 0.2) is 0 Å². The Balaban J connectivity index is 1.84. The van der Waals surface area contributed by atoms with E-state index in [1.165, 1.54) is 25.7 Å². The summed E-state index contributed by atoms with van der Waals surface area (Å²) >= 11 is 0. The van der Waals surface area contributed by atoms with Gasteiger partial charge in [-0.2, -0.15) is 0 Å². The maximum atomic E-state index is 11.1. The summed E-state index contributed by atoms with van der Waals surface area (Å²) in [5.74, 6) is 4.14. The molecule has 0 heterocycles. The lowest BCUT2D eigenvalue weighted by atomic mass is 9.75. The van der Waals surface area contributed by atoms with Crippen molar-refractivity contribution < 1.29 is 4.79 Å². The lowest BCUT2D eigenvalue weighted by Crippen LogP contribution is -2.23. The zero-order valence-electron chi connectivity index (χ0n) is 9.28. The third-order valence-corrected chi connectivity index (χ3v) is 4.96. The number of carbonyl (C=O) groups is 1. The average Bonchev–Trinajstić information content (AvgIpc) is 2.59. The molecule has 1 amide bonds. The largest absolute Gasteiger partial charge is 0.366 e. The van der Waals surface area contributed by atoms with E-state index >= 15 is 0 Å². The molecule has 4 aliphatic carbocycles. The highest BCUT2D eigenvalue weighted by Gasteiger charge is 2.52. The Bertz CT molecular complexity index is 329. The van der Waals surface area contributed by atoms with Crippen LogP contribution in [0.25, 0.3) is 0 Å². The molecule has 5 atom stereocenters. The van der Waals surface area contributed by atoms with E-state index in [9.17, 15) is 4.79 Å². The van der Waals surface area contributed by atoms with Crippen LogP contribution in [0.2, 0.25) is 0 Å². The van der Waals surface area contributed by atoms with Crippen molar-refractivity contribution in [2.75, 3.05) is 0 Å². The van der Waals surface area contributed by atoms with Gasteiger partial charge in [-0.1, -0.05) is 6.08 Å². The van der Waals surface area contributed by atoms with Gasteiger partial charge in [-0.3, -0.25) is 4.79 Å². The van der Waals surface area contributed by atoms with Gasteiger partial charge in [0.2, 0.25) is 5.91 Å². The lowest BCUT2D eigenvalue weighted by Gasteiger charge is -2.30. The third-order valence-electron chi connectivity index (χ3n) is 4.96. The topological polar surface area (TPSA) is 43.1 Å². The van der Waals surface area contributed by atoms with Crippen LogP contribution in [-0.4, -0.2) is 5.91 Å². The predicted octanol–water partition coefficient (Wildman–Crippen LogP) is 2.10. The van der Waals surface area contributed by atoms with Crippen molar-refractivity contribution in [3.05, 3.63) is 11.6 Å². The summed E-state index contributed by atoms with van der Waals surface area (Å²) < 4.78 is 0. The Morgan fingerprint density at radius 1 is 1.20 bits per heavy atom. The van der Waals surface area contributed by atoms with Crippen LogP contribution in [0.5, 0.6) is 0 Å². The van der Waals surface area contributed by atoms with Gasteiger partial charge in [-0.05, 0) is 62.2 Å². The van der Waals surface area contributed by atoms with E-state index < -0.39 is 0 Å². The molecular formula is C13H19NO. The first kappa shape index (κ1) is 9.44. The van der Waals surface area contributed by atoms with Crippen LogP contribution in [0.15, 0.2) is 11.6 Å². The molecular weight excluding hydrogens is 186 g/mol. The van der Waals surface area contributed by atoms with E-state index in [2.05, 4.69) is 6.08 Å². The first-order valence-corrected chi connectivity index (χ1v) is 6.13. The Kier molecular flexibility index (Phi) is 1.95. The fraction of sp³-hybridized carbons (Fsp3) is 0.769. The van der Waals surface area contributed by atoms with Gasteiger partial charge in [0.25, 0.3) is 0 Å². The molecule has 5 unspecified atom stereocenters. The van der Waals surface area contributed by atoms with Gasteiger partial charge in [0.1, 0.15) is 0 Å². The number of allylic oxidation sites excluding steroid dienone is 1. The second-order valence-electron chi connectivity index (χ2n) is 5.78. The van der Waals surface area contributed by atoms with Crippen molar-refractivity contribution in [3.63, 3.8) is 0 Å². The summed E-state index contributed by atoms with van der Waals surface area (Å²) in [4.78, 5) is 11.1. The smallest absolute Gasteiger partial charge is 0.244 e. The SMILES string of the molecule is C/C(=C\C1C2CC3CC(C2)C1C3)C(N)=O. The number of hydrogen-bond acceptors (Lipinski definition) is 1. The van der Waals surface area contributed by atoms with Crippen LogP contribution < -0.4 is 5.73 Å². The number of rotatable bonds is 2. The minimum atomic E-state index is -0.243. The molecule has 0 spiro atoms. The highest BCUT2D eigenvalue weighted by molar-refractivity contribution is 5.91. The van der Waals surface area contributed by atoms with E-state index in [4.69, 9.17) is 5.73 Å². The van der Waals surface area contributed by atoms with E-state index in [1.54, 1.807) is 0 Å². The molecule has 0 aromatic rings. The molecule has 4 rings (SSSR count). The lowest BCUT2D eigenvalue weighted by molar-refractivity contribution is -0.114. The van der Waals surface area contributed by atoms with Crippen molar-refractivity contribution in [2.45, 2.75) is 32.6 Å². The van der Waals surface area contributed by atoms with Gasteiger partial charge in [-0.25, -0.2) is 0 Å². The minimum Gasteiger partial charge on any atom is -0.366 e. The molecule has 82 valence electrons. The van der Waals surface area contributed by atoms with Crippen molar-refractivity contribution >= 4 is 5.91 Å². The fourth-order valence-corrected chi connectivity index (χ4v) is 4.42. The molecule has 0 aromatic heterocycles. The number of carbonyl (C=O) groups excluding carboxylic acids is 1. The highest BCUT2D eigenvalue weighted by atomic mass is 16.1. The second kappa shape index (κ2) is 3.10. The van der Waals surface area contributed by atoms with Gasteiger partial charge < -0.3 is 5.73 Å². The molecule has 2 nitrogen and oxygen atoms in total. The first-order valence-electron chi connectivity index (χ1n) is 6.13. The molecule has 4 saturated carbocycles. The van der Waals surface area contributed by atoms with Crippen LogP contribution >= 0.6 is 0 Å². The van der Waals surface area contributed by atoms with E-state index in [1.807, 2.05) is 6.92 Å². The van der Waals surface area contributed by atoms with Crippen LogP contribution in [0, 0.1) is 29.6 Å². The Morgan fingerprint density at radius 2 is 1.93 bits per heavy atom. The third kappa shape index (κ3) is 1.34. The Hall–Kier alpha value is -0.790. The molecule has 0 aliphatic heterocycles. The molecule has 15 heavy (non-hydrogen) atoms. The number of amides is 1.